The molecule has 0 amide bonds. The Kier molecular flexibility index (Phi) is 6.11. The number of carbonyl (C=O) groups is 1. The summed E-state index contributed by atoms with van der Waals surface area (Å²) >= 11 is 3.82. The zero-order chi connectivity index (χ0) is 15.2. The highest BCUT2D eigenvalue weighted by molar-refractivity contribution is 14.1. The number of hydrogen-bond donors (Lipinski definition) is 0. The van der Waals surface area contributed by atoms with Gasteiger partial charge in [-0.15, -0.1) is 0 Å². The molecule has 0 fully saturated rings. The summed E-state index contributed by atoms with van der Waals surface area (Å²) in [5.41, 5.74) is 1.96. The quantitative estimate of drug-likeness (QED) is 0.500. The highest BCUT2D eigenvalue weighted by atomic mass is 127. The Morgan fingerprint density at radius 2 is 1.76 bits per heavy atom. The first kappa shape index (κ1) is 16.4. The van der Waals surface area contributed by atoms with Crippen LogP contribution in [0.15, 0.2) is 52.3 Å². The van der Waals surface area contributed by atoms with E-state index in [-0.39, 0.29) is 5.97 Å². The summed E-state index contributed by atoms with van der Waals surface area (Å²) in [7, 11) is 0. The number of esters is 1. The summed E-state index contributed by atoms with van der Waals surface area (Å²) in [6, 6.07) is 14.4. The third kappa shape index (κ3) is 4.48. The monoisotopic (exact) mass is 412 g/mol. The van der Waals surface area contributed by atoms with E-state index >= 15 is 0 Å². The summed E-state index contributed by atoms with van der Waals surface area (Å²) in [6.07, 6.45) is 1.04. The summed E-state index contributed by atoms with van der Waals surface area (Å²) in [6.45, 7) is 4.36. The van der Waals surface area contributed by atoms with Gasteiger partial charge in [-0.3, -0.25) is 0 Å². The Hall–Kier alpha value is -1.01. The molecule has 0 heterocycles. The van der Waals surface area contributed by atoms with E-state index in [1.165, 1.54) is 10.5 Å². The van der Waals surface area contributed by atoms with Crippen LogP contribution in [0.3, 0.4) is 0 Å². The predicted molar refractivity (Wildman–Crippen MR) is 95.1 cm³/mol. The molecule has 4 heteroatoms. The van der Waals surface area contributed by atoms with Crippen LogP contribution >= 0.6 is 34.4 Å². The summed E-state index contributed by atoms with van der Waals surface area (Å²) < 4.78 is 6.00. The zero-order valence-electron chi connectivity index (χ0n) is 12.1. The maximum absolute atomic E-state index is 11.9. The van der Waals surface area contributed by atoms with Crippen LogP contribution in [0.4, 0.5) is 0 Å². The maximum atomic E-state index is 11.9. The van der Waals surface area contributed by atoms with Gasteiger partial charge >= 0.3 is 5.97 Å². The SMILES string of the molecule is CCOC(=O)c1cc(Sc2ccc(CC)cc2)ccc1I. The molecule has 0 aromatic heterocycles. The van der Waals surface area contributed by atoms with Crippen LogP contribution in [0, 0.1) is 3.57 Å². The van der Waals surface area contributed by atoms with Crippen molar-refractivity contribution in [3.63, 3.8) is 0 Å². The average Bonchev–Trinajstić information content (AvgIpc) is 2.50. The second kappa shape index (κ2) is 7.84. The number of halogens is 1. The molecule has 0 aliphatic carbocycles. The standard InChI is InChI=1S/C17H17IO2S/c1-3-12-5-7-13(8-6-12)21-14-9-10-16(18)15(11-14)17(19)20-4-2/h5-11H,3-4H2,1-2H3. The molecule has 0 unspecified atom stereocenters. The molecule has 0 aliphatic heterocycles. The molecular weight excluding hydrogens is 395 g/mol. The topological polar surface area (TPSA) is 26.3 Å². The lowest BCUT2D eigenvalue weighted by Crippen LogP contribution is -2.06. The van der Waals surface area contributed by atoms with Crippen LogP contribution in [0.2, 0.25) is 0 Å². The van der Waals surface area contributed by atoms with Crippen molar-refractivity contribution < 1.29 is 9.53 Å². The molecule has 0 atom stereocenters. The van der Waals surface area contributed by atoms with Gasteiger partial charge in [-0.05, 0) is 71.8 Å². The molecule has 0 saturated heterocycles. The molecule has 110 valence electrons. The van der Waals surface area contributed by atoms with Crippen LogP contribution in [-0.2, 0) is 11.2 Å². The molecule has 2 aromatic rings. The van der Waals surface area contributed by atoms with E-state index in [0.29, 0.717) is 12.2 Å². The summed E-state index contributed by atoms with van der Waals surface area (Å²) in [5.74, 6) is -0.259. The Balaban J connectivity index is 2.20. The van der Waals surface area contributed by atoms with Crippen LogP contribution in [0.25, 0.3) is 0 Å². The van der Waals surface area contributed by atoms with Crippen molar-refractivity contribution in [2.45, 2.75) is 30.1 Å². The smallest absolute Gasteiger partial charge is 0.339 e. The van der Waals surface area contributed by atoms with Crippen molar-refractivity contribution in [1.82, 2.24) is 0 Å². The Morgan fingerprint density at radius 3 is 2.38 bits per heavy atom. The second-order valence-electron chi connectivity index (χ2n) is 4.46. The molecule has 0 bridgehead atoms. The van der Waals surface area contributed by atoms with E-state index in [1.807, 2.05) is 25.1 Å². The van der Waals surface area contributed by atoms with Crippen LogP contribution < -0.4 is 0 Å². The highest BCUT2D eigenvalue weighted by Gasteiger charge is 2.12. The first-order valence-electron chi connectivity index (χ1n) is 6.87. The van der Waals surface area contributed by atoms with Gasteiger partial charge in [-0.2, -0.15) is 0 Å². The second-order valence-corrected chi connectivity index (χ2v) is 6.77. The first-order chi connectivity index (χ1) is 10.1. The molecule has 0 spiro atoms. The van der Waals surface area contributed by atoms with E-state index in [1.54, 1.807) is 11.8 Å². The minimum atomic E-state index is -0.259. The van der Waals surface area contributed by atoms with Crippen molar-refractivity contribution >= 4 is 40.3 Å². The maximum Gasteiger partial charge on any atom is 0.339 e. The van der Waals surface area contributed by atoms with Crippen LogP contribution in [-0.4, -0.2) is 12.6 Å². The van der Waals surface area contributed by atoms with Crippen molar-refractivity contribution in [1.29, 1.82) is 0 Å². The van der Waals surface area contributed by atoms with Gasteiger partial charge in [0.05, 0.1) is 12.2 Å². The van der Waals surface area contributed by atoms with Crippen molar-refractivity contribution in [2.24, 2.45) is 0 Å². The van der Waals surface area contributed by atoms with E-state index in [0.717, 1.165) is 14.9 Å². The third-order valence-electron chi connectivity index (χ3n) is 3.00. The zero-order valence-corrected chi connectivity index (χ0v) is 15.0. The van der Waals surface area contributed by atoms with Gasteiger partial charge in [-0.25, -0.2) is 4.79 Å². The number of hydrogen-bond acceptors (Lipinski definition) is 3. The van der Waals surface area contributed by atoms with Gasteiger partial charge in [0.15, 0.2) is 0 Å². The fourth-order valence-electron chi connectivity index (χ4n) is 1.86. The van der Waals surface area contributed by atoms with Gasteiger partial charge in [0, 0.05) is 13.4 Å². The van der Waals surface area contributed by atoms with Gasteiger partial charge in [-0.1, -0.05) is 30.8 Å². The molecule has 2 rings (SSSR count). The number of carbonyl (C=O) groups excluding carboxylic acids is 1. The molecule has 21 heavy (non-hydrogen) atoms. The average molecular weight is 412 g/mol. The van der Waals surface area contributed by atoms with E-state index < -0.39 is 0 Å². The van der Waals surface area contributed by atoms with Crippen molar-refractivity contribution in [3.05, 3.63) is 57.2 Å². The first-order valence-corrected chi connectivity index (χ1v) is 8.77. The number of aryl methyl sites for hydroxylation is 1. The van der Waals surface area contributed by atoms with E-state index in [2.05, 4.69) is 53.8 Å². The number of ether oxygens (including phenoxy) is 1. The lowest BCUT2D eigenvalue weighted by Gasteiger charge is -2.08. The van der Waals surface area contributed by atoms with Crippen LogP contribution in [0.5, 0.6) is 0 Å². The van der Waals surface area contributed by atoms with E-state index in [9.17, 15) is 4.79 Å². The number of rotatable bonds is 5. The molecule has 0 radical (unpaired) electrons. The Bertz CT molecular complexity index is 623. The lowest BCUT2D eigenvalue weighted by atomic mass is 10.2. The van der Waals surface area contributed by atoms with Crippen LogP contribution in [0.1, 0.15) is 29.8 Å². The van der Waals surface area contributed by atoms with Gasteiger partial charge in [0.2, 0.25) is 0 Å². The molecule has 0 aliphatic rings. The summed E-state index contributed by atoms with van der Waals surface area (Å²) in [4.78, 5) is 14.1. The third-order valence-corrected chi connectivity index (χ3v) is 4.94. The Morgan fingerprint density at radius 1 is 1.10 bits per heavy atom. The largest absolute Gasteiger partial charge is 0.462 e. The summed E-state index contributed by atoms with van der Waals surface area (Å²) in [5, 5.41) is 0. The minimum Gasteiger partial charge on any atom is -0.462 e. The molecule has 0 saturated carbocycles. The molecule has 2 aromatic carbocycles. The lowest BCUT2D eigenvalue weighted by molar-refractivity contribution is 0.0525. The van der Waals surface area contributed by atoms with Crippen molar-refractivity contribution in [2.75, 3.05) is 6.61 Å². The van der Waals surface area contributed by atoms with Gasteiger partial charge in [0.25, 0.3) is 0 Å². The molecule has 2 nitrogen and oxygen atoms in total. The van der Waals surface area contributed by atoms with Gasteiger partial charge in [0.1, 0.15) is 0 Å². The Labute approximate surface area is 143 Å². The predicted octanol–water partition coefficient (Wildman–Crippen LogP) is 5.18. The number of benzene rings is 2. The van der Waals surface area contributed by atoms with Gasteiger partial charge < -0.3 is 4.74 Å². The molecular formula is C17H17IO2S. The highest BCUT2D eigenvalue weighted by Crippen LogP contribution is 2.30. The molecule has 0 N–H and O–H groups in total. The fraction of sp³-hybridized carbons (Fsp3) is 0.235. The minimum absolute atomic E-state index is 0.259. The fourth-order valence-corrected chi connectivity index (χ4v) is 3.28. The normalized spacial score (nSPS) is 10.4. The van der Waals surface area contributed by atoms with Crippen molar-refractivity contribution in [3.8, 4) is 0 Å². The van der Waals surface area contributed by atoms with E-state index in [4.69, 9.17) is 4.74 Å².